The number of carbonyl (C=O) groups is 3. The van der Waals surface area contributed by atoms with E-state index in [2.05, 4.69) is 5.32 Å². The van der Waals surface area contributed by atoms with Crippen LogP contribution in [0.2, 0.25) is 0 Å². The average molecular weight is 471 g/mol. The predicted molar refractivity (Wildman–Crippen MR) is 133 cm³/mol. The van der Waals surface area contributed by atoms with Gasteiger partial charge >= 0.3 is 6.03 Å². The zero-order valence-corrected chi connectivity index (χ0v) is 20.0. The number of rotatable bonds is 6. The van der Waals surface area contributed by atoms with E-state index in [0.717, 1.165) is 21.6 Å². The van der Waals surface area contributed by atoms with Crippen molar-refractivity contribution in [1.82, 2.24) is 5.32 Å². The summed E-state index contributed by atoms with van der Waals surface area (Å²) in [4.78, 5) is 39.3. The fraction of sp³-hybridized carbons (Fsp3) is 0.179. The Balaban J connectivity index is 1.61. The molecule has 1 heterocycles. The van der Waals surface area contributed by atoms with E-state index in [9.17, 15) is 14.4 Å². The number of urea groups is 1. The number of barbiturate groups is 1. The number of nitrogens with one attached hydrogen (secondary N) is 1. The summed E-state index contributed by atoms with van der Waals surface area (Å²) >= 11 is 0. The molecule has 7 heteroatoms. The first kappa shape index (κ1) is 23.8. The second-order valence-electron chi connectivity index (χ2n) is 8.43. The molecule has 4 rings (SSSR count). The summed E-state index contributed by atoms with van der Waals surface area (Å²) in [5, 5.41) is 2.26. The number of amides is 4. The van der Waals surface area contributed by atoms with Crippen LogP contribution in [0.1, 0.15) is 27.8 Å². The van der Waals surface area contributed by atoms with Crippen molar-refractivity contribution < 1.29 is 23.9 Å². The quantitative estimate of drug-likeness (QED) is 0.411. The van der Waals surface area contributed by atoms with Gasteiger partial charge in [-0.3, -0.25) is 14.9 Å². The van der Waals surface area contributed by atoms with Crippen molar-refractivity contribution in [1.29, 1.82) is 0 Å². The minimum atomic E-state index is -0.775. The highest BCUT2D eigenvalue weighted by Crippen LogP contribution is 2.31. The molecule has 0 aliphatic carbocycles. The Kier molecular flexibility index (Phi) is 6.68. The molecular weight excluding hydrogens is 444 g/mol. The molecule has 0 radical (unpaired) electrons. The molecule has 3 aromatic rings. The van der Waals surface area contributed by atoms with Gasteiger partial charge in [0.25, 0.3) is 11.8 Å². The van der Waals surface area contributed by atoms with Crippen LogP contribution in [0.4, 0.5) is 10.5 Å². The lowest BCUT2D eigenvalue weighted by atomic mass is 10.0. The van der Waals surface area contributed by atoms with Crippen LogP contribution in [-0.2, 0) is 16.2 Å². The van der Waals surface area contributed by atoms with Crippen molar-refractivity contribution >= 4 is 29.6 Å². The molecule has 0 unspecified atom stereocenters. The third kappa shape index (κ3) is 5.09. The van der Waals surface area contributed by atoms with Crippen molar-refractivity contribution in [3.05, 3.63) is 94.1 Å². The molecule has 35 heavy (non-hydrogen) atoms. The number of nitrogens with zero attached hydrogens (tertiary/aromatic N) is 1. The summed E-state index contributed by atoms with van der Waals surface area (Å²) in [6.45, 7) is 6.06. The highest BCUT2D eigenvalue weighted by molar-refractivity contribution is 6.39. The molecular formula is C28H26N2O5. The van der Waals surface area contributed by atoms with Crippen LogP contribution in [0.5, 0.6) is 11.5 Å². The predicted octanol–water partition coefficient (Wildman–Crippen LogP) is 4.87. The Morgan fingerprint density at radius 1 is 0.857 bits per heavy atom. The first-order valence-electron chi connectivity index (χ1n) is 11.1. The van der Waals surface area contributed by atoms with Crippen LogP contribution in [0.3, 0.4) is 0 Å². The molecule has 0 spiro atoms. The van der Waals surface area contributed by atoms with Crippen molar-refractivity contribution in [3.63, 3.8) is 0 Å². The molecule has 1 aliphatic heterocycles. The van der Waals surface area contributed by atoms with Crippen LogP contribution in [0.25, 0.3) is 6.08 Å². The summed E-state index contributed by atoms with van der Waals surface area (Å²) in [7, 11) is 1.52. The molecule has 4 amide bonds. The third-order valence-electron chi connectivity index (χ3n) is 5.72. The summed E-state index contributed by atoms with van der Waals surface area (Å²) < 4.78 is 11.4. The molecule has 1 saturated heterocycles. The Bertz CT molecular complexity index is 1340. The minimum Gasteiger partial charge on any atom is -0.493 e. The molecule has 0 bridgehead atoms. The first-order valence-corrected chi connectivity index (χ1v) is 11.1. The maximum Gasteiger partial charge on any atom is 0.335 e. The Labute approximate surface area is 204 Å². The normalized spacial score (nSPS) is 14.8. The molecule has 0 aromatic heterocycles. The number of benzene rings is 3. The van der Waals surface area contributed by atoms with Crippen LogP contribution in [0.15, 0.2) is 66.2 Å². The van der Waals surface area contributed by atoms with Gasteiger partial charge in [-0.25, -0.2) is 9.69 Å². The minimum absolute atomic E-state index is 0.152. The SMILES string of the molecule is COc1cc(/C=C2\C(=O)NC(=O)N(c3cc(C)ccc3C)C2=O)ccc1OCc1ccc(C)cc1. The van der Waals surface area contributed by atoms with Crippen molar-refractivity contribution in [3.8, 4) is 11.5 Å². The van der Waals surface area contributed by atoms with Gasteiger partial charge < -0.3 is 9.47 Å². The number of carbonyl (C=O) groups excluding carboxylic acids is 3. The molecule has 7 nitrogen and oxygen atoms in total. The number of anilines is 1. The standard InChI is InChI=1S/C28H26N2O5/c1-17-6-9-20(10-7-17)16-35-24-12-11-21(15-25(24)34-4)14-22-26(31)29-28(33)30(27(22)32)23-13-18(2)5-8-19(23)3/h5-15H,16H2,1-4H3,(H,29,31,33)/b22-14+. The van der Waals surface area contributed by atoms with E-state index in [1.807, 2.05) is 50.2 Å². The van der Waals surface area contributed by atoms with Crippen molar-refractivity contribution in [2.45, 2.75) is 27.4 Å². The summed E-state index contributed by atoms with van der Waals surface area (Å²) in [5.74, 6) is -0.453. The Hall–Kier alpha value is -4.39. The molecule has 1 N–H and O–H groups in total. The fourth-order valence-electron chi connectivity index (χ4n) is 3.74. The average Bonchev–Trinajstić information content (AvgIpc) is 2.83. The van der Waals surface area contributed by atoms with E-state index in [-0.39, 0.29) is 5.57 Å². The van der Waals surface area contributed by atoms with E-state index < -0.39 is 17.8 Å². The molecule has 1 fully saturated rings. The largest absolute Gasteiger partial charge is 0.493 e. The monoisotopic (exact) mass is 470 g/mol. The summed E-state index contributed by atoms with van der Waals surface area (Å²) in [6.07, 6.45) is 1.44. The van der Waals surface area contributed by atoms with Gasteiger partial charge in [-0.1, -0.05) is 48.0 Å². The maximum atomic E-state index is 13.2. The number of aryl methyl sites for hydroxylation is 3. The van der Waals surface area contributed by atoms with Crippen LogP contribution < -0.4 is 19.7 Å². The Morgan fingerprint density at radius 2 is 1.57 bits per heavy atom. The molecule has 1 aliphatic rings. The van der Waals surface area contributed by atoms with E-state index in [1.165, 1.54) is 18.7 Å². The fourth-order valence-corrected chi connectivity index (χ4v) is 3.74. The first-order chi connectivity index (χ1) is 16.8. The third-order valence-corrected chi connectivity index (χ3v) is 5.72. The maximum absolute atomic E-state index is 13.2. The van der Waals surface area contributed by atoms with Crippen LogP contribution in [-0.4, -0.2) is 25.0 Å². The number of methoxy groups -OCH3 is 1. The van der Waals surface area contributed by atoms with Crippen LogP contribution >= 0.6 is 0 Å². The van der Waals surface area contributed by atoms with Gasteiger partial charge in [0.05, 0.1) is 12.8 Å². The van der Waals surface area contributed by atoms with Gasteiger partial charge in [0.1, 0.15) is 12.2 Å². The zero-order valence-electron chi connectivity index (χ0n) is 20.0. The molecule has 0 saturated carbocycles. The van der Waals surface area contributed by atoms with Gasteiger partial charge in [-0.05, 0) is 67.3 Å². The van der Waals surface area contributed by atoms with Gasteiger partial charge in [0.2, 0.25) is 0 Å². The lowest BCUT2D eigenvalue weighted by molar-refractivity contribution is -0.122. The number of imide groups is 2. The molecule has 0 atom stereocenters. The second-order valence-corrected chi connectivity index (χ2v) is 8.43. The van der Waals surface area contributed by atoms with Gasteiger partial charge in [0, 0.05) is 0 Å². The van der Waals surface area contributed by atoms with Crippen LogP contribution in [0, 0.1) is 20.8 Å². The van der Waals surface area contributed by atoms with E-state index in [4.69, 9.17) is 9.47 Å². The van der Waals surface area contributed by atoms with E-state index >= 15 is 0 Å². The Morgan fingerprint density at radius 3 is 2.29 bits per heavy atom. The molecule has 178 valence electrons. The smallest absolute Gasteiger partial charge is 0.335 e. The second kappa shape index (κ2) is 9.85. The summed E-state index contributed by atoms with van der Waals surface area (Å²) in [5.41, 5.74) is 4.65. The lowest BCUT2D eigenvalue weighted by Crippen LogP contribution is -2.54. The van der Waals surface area contributed by atoms with Crippen molar-refractivity contribution in [2.75, 3.05) is 12.0 Å². The van der Waals surface area contributed by atoms with Gasteiger partial charge in [-0.2, -0.15) is 0 Å². The highest BCUT2D eigenvalue weighted by Gasteiger charge is 2.37. The van der Waals surface area contributed by atoms with Gasteiger partial charge in [0.15, 0.2) is 11.5 Å². The highest BCUT2D eigenvalue weighted by atomic mass is 16.5. The molecule has 3 aromatic carbocycles. The number of hydrogen-bond donors (Lipinski definition) is 1. The lowest BCUT2D eigenvalue weighted by Gasteiger charge is -2.27. The number of hydrogen-bond acceptors (Lipinski definition) is 5. The van der Waals surface area contributed by atoms with Gasteiger partial charge in [-0.15, -0.1) is 0 Å². The zero-order chi connectivity index (χ0) is 25.1. The topological polar surface area (TPSA) is 84.9 Å². The van der Waals surface area contributed by atoms with E-state index in [1.54, 1.807) is 31.2 Å². The van der Waals surface area contributed by atoms with E-state index in [0.29, 0.717) is 29.4 Å². The summed E-state index contributed by atoms with van der Waals surface area (Å²) in [6, 6.07) is 17.8. The number of ether oxygens (including phenoxy) is 2. The van der Waals surface area contributed by atoms with Crippen molar-refractivity contribution in [2.24, 2.45) is 0 Å².